The Morgan fingerprint density at radius 1 is 0.833 bits per heavy atom. The van der Waals surface area contributed by atoms with E-state index in [2.05, 4.69) is 0 Å². The number of rotatable bonds is 7. The van der Waals surface area contributed by atoms with E-state index in [0.29, 0.717) is 25.0 Å². The van der Waals surface area contributed by atoms with Gasteiger partial charge in [0.15, 0.2) is 0 Å². The van der Waals surface area contributed by atoms with Gasteiger partial charge in [0.2, 0.25) is 5.52 Å². The molecule has 2 aliphatic carbocycles. The highest BCUT2D eigenvalue weighted by Gasteiger charge is 2.43. The van der Waals surface area contributed by atoms with Gasteiger partial charge in [-0.3, -0.25) is 9.36 Å². The summed E-state index contributed by atoms with van der Waals surface area (Å²) in [5.41, 5.74) is -1.09. The SMILES string of the molecule is CC(C)(C)C(=O)P(=O)(OCC1CCCCC1)OCC1CCCCC1. The molecule has 0 unspecified atom stereocenters. The van der Waals surface area contributed by atoms with Gasteiger partial charge >= 0.3 is 7.60 Å². The lowest BCUT2D eigenvalue weighted by molar-refractivity contribution is -0.120. The number of hydrogen-bond donors (Lipinski definition) is 0. The largest absolute Gasteiger partial charge is 0.397 e. The van der Waals surface area contributed by atoms with Crippen molar-refractivity contribution in [3.63, 3.8) is 0 Å². The maximum Gasteiger partial charge on any atom is 0.397 e. The third-order valence-electron chi connectivity index (χ3n) is 5.30. The minimum absolute atomic E-state index is 0.374. The Balaban J connectivity index is 1.96. The van der Waals surface area contributed by atoms with E-state index in [1.807, 2.05) is 0 Å². The molecule has 2 aliphatic rings. The van der Waals surface area contributed by atoms with Crippen LogP contribution < -0.4 is 0 Å². The lowest BCUT2D eigenvalue weighted by atomic mass is 9.90. The van der Waals surface area contributed by atoms with E-state index in [1.165, 1.54) is 38.5 Å². The van der Waals surface area contributed by atoms with Gasteiger partial charge < -0.3 is 9.05 Å². The quantitative estimate of drug-likeness (QED) is 0.528. The summed E-state index contributed by atoms with van der Waals surface area (Å²) in [6, 6.07) is 0. The Morgan fingerprint density at radius 2 is 1.21 bits per heavy atom. The maximum atomic E-state index is 13.3. The minimum Gasteiger partial charge on any atom is -0.303 e. The summed E-state index contributed by atoms with van der Waals surface area (Å²) < 4.78 is 24.7. The molecule has 0 spiro atoms. The molecule has 0 bridgehead atoms. The van der Waals surface area contributed by atoms with E-state index in [9.17, 15) is 9.36 Å². The standard InChI is InChI=1S/C19H35O4P/c1-19(2,3)18(20)24(21,22-14-16-10-6-4-7-11-16)23-15-17-12-8-5-9-13-17/h16-17H,4-15H2,1-3H3. The summed E-state index contributed by atoms with van der Waals surface area (Å²) in [6.45, 7) is 6.15. The molecule has 2 saturated carbocycles. The lowest BCUT2D eigenvalue weighted by Gasteiger charge is -2.29. The van der Waals surface area contributed by atoms with Crippen LogP contribution in [0.1, 0.15) is 85.0 Å². The molecule has 24 heavy (non-hydrogen) atoms. The second-order valence-corrected chi connectivity index (χ2v) is 10.6. The van der Waals surface area contributed by atoms with E-state index in [0.717, 1.165) is 25.7 Å². The van der Waals surface area contributed by atoms with Gasteiger partial charge in [0.1, 0.15) is 0 Å². The van der Waals surface area contributed by atoms with Crippen molar-refractivity contribution in [2.24, 2.45) is 17.3 Å². The third kappa shape index (κ3) is 5.97. The van der Waals surface area contributed by atoms with Crippen molar-refractivity contribution >= 4 is 13.1 Å². The molecule has 140 valence electrons. The summed E-state index contributed by atoms with van der Waals surface area (Å²) >= 11 is 0. The molecule has 2 fully saturated rings. The number of carbonyl (C=O) groups excluding carboxylic acids is 1. The van der Waals surface area contributed by atoms with Crippen LogP contribution in [0.4, 0.5) is 0 Å². The zero-order valence-corrected chi connectivity index (χ0v) is 16.6. The number of hydrogen-bond acceptors (Lipinski definition) is 4. The topological polar surface area (TPSA) is 52.6 Å². The first-order chi connectivity index (χ1) is 11.3. The van der Waals surface area contributed by atoms with Crippen LogP contribution in [-0.4, -0.2) is 18.7 Å². The van der Waals surface area contributed by atoms with Gasteiger partial charge in [-0.1, -0.05) is 59.3 Å². The maximum absolute atomic E-state index is 13.3. The van der Waals surface area contributed by atoms with Crippen molar-refractivity contribution in [1.82, 2.24) is 0 Å². The third-order valence-corrected chi connectivity index (χ3v) is 7.45. The van der Waals surface area contributed by atoms with Crippen molar-refractivity contribution < 1.29 is 18.4 Å². The van der Waals surface area contributed by atoms with Crippen LogP contribution in [-0.2, 0) is 18.4 Å². The van der Waals surface area contributed by atoms with Crippen LogP contribution >= 0.6 is 7.60 Å². The average Bonchev–Trinajstić information content (AvgIpc) is 2.58. The van der Waals surface area contributed by atoms with E-state index in [-0.39, 0.29) is 5.52 Å². The monoisotopic (exact) mass is 358 g/mol. The molecule has 0 saturated heterocycles. The fourth-order valence-electron chi connectivity index (χ4n) is 3.68. The Kier molecular flexibility index (Phi) is 7.52. The Bertz CT molecular complexity index is 417. The molecule has 0 amide bonds. The van der Waals surface area contributed by atoms with Crippen molar-refractivity contribution in [3.8, 4) is 0 Å². The second-order valence-electron chi connectivity index (χ2n) is 8.65. The fraction of sp³-hybridized carbons (Fsp3) is 0.947. The Hall–Kier alpha value is -0.180. The van der Waals surface area contributed by atoms with Gasteiger partial charge in [-0.2, -0.15) is 0 Å². The first kappa shape index (κ1) is 20.1. The predicted molar refractivity (Wildman–Crippen MR) is 97.1 cm³/mol. The highest BCUT2D eigenvalue weighted by molar-refractivity contribution is 7.72. The van der Waals surface area contributed by atoms with Gasteiger partial charge in [-0.15, -0.1) is 0 Å². The van der Waals surface area contributed by atoms with Crippen molar-refractivity contribution in [2.45, 2.75) is 85.0 Å². The second kappa shape index (κ2) is 8.96. The summed E-state index contributed by atoms with van der Waals surface area (Å²) in [5.74, 6) is 0.830. The molecule has 0 radical (unpaired) electrons. The van der Waals surface area contributed by atoms with Crippen LogP contribution in [0.2, 0.25) is 0 Å². The van der Waals surface area contributed by atoms with Crippen LogP contribution in [0.5, 0.6) is 0 Å². The molecule has 0 aromatic heterocycles. The fourth-order valence-corrected chi connectivity index (χ4v) is 5.62. The lowest BCUT2D eigenvalue weighted by Crippen LogP contribution is -2.25. The summed E-state index contributed by atoms with van der Waals surface area (Å²) in [5, 5.41) is 0. The van der Waals surface area contributed by atoms with Gasteiger partial charge in [0.05, 0.1) is 13.2 Å². The van der Waals surface area contributed by atoms with Gasteiger partial charge in [-0.05, 0) is 37.5 Å². The molecule has 4 nitrogen and oxygen atoms in total. The minimum atomic E-state index is -3.70. The summed E-state index contributed by atoms with van der Waals surface area (Å²) in [7, 11) is -3.70. The van der Waals surface area contributed by atoms with Crippen LogP contribution in [0.25, 0.3) is 0 Å². The molecule has 0 atom stereocenters. The molecule has 0 aromatic carbocycles. The molecule has 0 heterocycles. The van der Waals surface area contributed by atoms with Gasteiger partial charge in [0.25, 0.3) is 0 Å². The van der Waals surface area contributed by atoms with Gasteiger partial charge in [0, 0.05) is 5.41 Å². The van der Waals surface area contributed by atoms with Gasteiger partial charge in [-0.25, -0.2) is 0 Å². The molecular formula is C19H35O4P. The molecule has 0 aliphatic heterocycles. The highest BCUT2D eigenvalue weighted by Crippen LogP contribution is 2.55. The Morgan fingerprint density at radius 3 is 1.54 bits per heavy atom. The summed E-state index contributed by atoms with van der Waals surface area (Å²) in [6.07, 6.45) is 11.8. The predicted octanol–water partition coefficient (Wildman–Crippen LogP) is 5.95. The molecule has 2 rings (SSSR count). The highest BCUT2D eigenvalue weighted by atomic mass is 31.2. The van der Waals surface area contributed by atoms with Crippen LogP contribution in [0.15, 0.2) is 0 Å². The smallest absolute Gasteiger partial charge is 0.303 e. The van der Waals surface area contributed by atoms with E-state index >= 15 is 0 Å². The van der Waals surface area contributed by atoms with Crippen molar-refractivity contribution in [3.05, 3.63) is 0 Å². The number of carbonyl (C=O) groups is 1. The first-order valence-electron chi connectivity index (χ1n) is 9.75. The zero-order valence-electron chi connectivity index (χ0n) is 15.7. The van der Waals surface area contributed by atoms with E-state index in [1.54, 1.807) is 20.8 Å². The first-order valence-corrected chi connectivity index (χ1v) is 11.3. The van der Waals surface area contributed by atoms with E-state index in [4.69, 9.17) is 9.05 Å². The van der Waals surface area contributed by atoms with Crippen LogP contribution in [0, 0.1) is 17.3 Å². The molecular weight excluding hydrogens is 323 g/mol. The zero-order chi connectivity index (χ0) is 17.6. The summed E-state index contributed by atoms with van der Waals surface area (Å²) in [4.78, 5) is 12.7. The Labute approximate surface area is 147 Å². The average molecular weight is 358 g/mol. The molecule has 0 N–H and O–H groups in total. The molecule has 5 heteroatoms. The van der Waals surface area contributed by atoms with Crippen molar-refractivity contribution in [1.29, 1.82) is 0 Å². The molecule has 0 aromatic rings. The van der Waals surface area contributed by atoms with E-state index < -0.39 is 13.0 Å². The normalized spacial score (nSPS) is 21.8. The van der Waals surface area contributed by atoms with Crippen molar-refractivity contribution in [2.75, 3.05) is 13.2 Å². The van der Waals surface area contributed by atoms with Crippen LogP contribution in [0.3, 0.4) is 0 Å².